The van der Waals surface area contributed by atoms with Gasteiger partial charge in [0.15, 0.2) is 0 Å². The van der Waals surface area contributed by atoms with Crippen LogP contribution in [0.2, 0.25) is 0 Å². The Balaban J connectivity index is 1.68. The molecule has 1 fully saturated rings. The Bertz CT molecular complexity index is 464. The first-order chi connectivity index (χ1) is 10.2. The molecule has 0 saturated carbocycles. The Hall–Kier alpha value is -1.76. The molecule has 3 amide bonds. The van der Waals surface area contributed by atoms with E-state index in [1.807, 2.05) is 11.4 Å². The largest absolute Gasteiger partial charge is 0.453 e. The molecule has 0 aromatic carbocycles. The molecule has 1 atom stereocenters. The van der Waals surface area contributed by atoms with E-state index in [9.17, 15) is 9.59 Å². The predicted molar refractivity (Wildman–Crippen MR) is 81.6 cm³/mol. The number of urea groups is 1. The van der Waals surface area contributed by atoms with Crippen molar-refractivity contribution in [1.82, 2.24) is 15.5 Å². The predicted octanol–water partition coefficient (Wildman–Crippen LogP) is 1.82. The van der Waals surface area contributed by atoms with Gasteiger partial charge in [0.1, 0.15) is 0 Å². The number of carbonyl (C=O) groups is 2. The van der Waals surface area contributed by atoms with E-state index in [0.29, 0.717) is 19.6 Å². The first-order valence-electron chi connectivity index (χ1n) is 7.08. The lowest BCUT2D eigenvalue weighted by atomic mass is 10.1. The van der Waals surface area contributed by atoms with Crippen LogP contribution in [0, 0.1) is 0 Å². The SMILES string of the molecule is COC(=O)N1CCCC(NC(=O)NCCc2cccs2)C1. The number of piperidine rings is 1. The van der Waals surface area contributed by atoms with Crippen LogP contribution in [0.4, 0.5) is 9.59 Å². The highest BCUT2D eigenvalue weighted by molar-refractivity contribution is 7.09. The van der Waals surface area contributed by atoms with Gasteiger partial charge < -0.3 is 20.3 Å². The third-order valence-electron chi connectivity index (χ3n) is 3.43. The van der Waals surface area contributed by atoms with Crippen molar-refractivity contribution < 1.29 is 14.3 Å². The molecule has 2 N–H and O–H groups in total. The van der Waals surface area contributed by atoms with Crippen molar-refractivity contribution in [3.8, 4) is 0 Å². The second kappa shape index (κ2) is 7.87. The quantitative estimate of drug-likeness (QED) is 0.891. The van der Waals surface area contributed by atoms with E-state index >= 15 is 0 Å². The standard InChI is InChI=1S/C14H21N3O3S/c1-20-14(19)17-8-2-4-11(10-17)16-13(18)15-7-6-12-5-3-9-21-12/h3,5,9,11H,2,4,6-8,10H2,1H3,(H2,15,16,18). The van der Waals surface area contributed by atoms with Crippen LogP contribution in [0.15, 0.2) is 17.5 Å². The van der Waals surface area contributed by atoms with Crippen LogP contribution in [0.1, 0.15) is 17.7 Å². The van der Waals surface area contributed by atoms with Crippen LogP contribution in [0.3, 0.4) is 0 Å². The minimum Gasteiger partial charge on any atom is -0.453 e. The third-order valence-corrected chi connectivity index (χ3v) is 4.36. The molecule has 1 aromatic rings. The minimum absolute atomic E-state index is 0.0143. The number of likely N-dealkylation sites (tertiary alicyclic amines) is 1. The summed E-state index contributed by atoms with van der Waals surface area (Å²) in [6.45, 7) is 1.80. The Kier molecular flexibility index (Phi) is 5.86. The van der Waals surface area contributed by atoms with Gasteiger partial charge in [0, 0.05) is 30.6 Å². The lowest BCUT2D eigenvalue weighted by Gasteiger charge is -2.32. The zero-order chi connectivity index (χ0) is 15.1. The maximum absolute atomic E-state index is 11.8. The van der Waals surface area contributed by atoms with Crippen molar-refractivity contribution in [2.45, 2.75) is 25.3 Å². The van der Waals surface area contributed by atoms with Gasteiger partial charge in [-0.15, -0.1) is 11.3 Å². The average molecular weight is 311 g/mol. The van der Waals surface area contributed by atoms with Crippen LogP contribution >= 0.6 is 11.3 Å². The number of hydrogen-bond acceptors (Lipinski definition) is 4. The highest BCUT2D eigenvalue weighted by Crippen LogP contribution is 2.11. The first kappa shape index (κ1) is 15.6. The molecule has 7 heteroatoms. The molecule has 116 valence electrons. The van der Waals surface area contributed by atoms with Crippen molar-refractivity contribution in [3.05, 3.63) is 22.4 Å². The van der Waals surface area contributed by atoms with Crippen molar-refractivity contribution in [2.24, 2.45) is 0 Å². The molecule has 1 saturated heterocycles. The van der Waals surface area contributed by atoms with E-state index in [2.05, 4.69) is 16.7 Å². The summed E-state index contributed by atoms with van der Waals surface area (Å²) < 4.78 is 4.71. The molecule has 2 heterocycles. The Labute approximate surface area is 128 Å². The minimum atomic E-state index is -0.334. The lowest BCUT2D eigenvalue weighted by Crippen LogP contribution is -2.52. The summed E-state index contributed by atoms with van der Waals surface area (Å²) in [7, 11) is 1.37. The monoisotopic (exact) mass is 311 g/mol. The molecule has 0 spiro atoms. The zero-order valence-corrected chi connectivity index (χ0v) is 12.9. The Morgan fingerprint density at radius 2 is 2.38 bits per heavy atom. The maximum Gasteiger partial charge on any atom is 0.409 e. The molecule has 1 aliphatic rings. The molecular formula is C14H21N3O3S. The van der Waals surface area contributed by atoms with Crippen molar-refractivity contribution in [1.29, 1.82) is 0 Å². The Morgan fingerprint density at radius 3 is 3.10 bits per heavy atom. The van der Waals surface area contributed by atoms with Crippen LogP contribution in [0.5, 0.6) is 0 Å². The van der Waals surface area contributed by atoms with Gasteiger partial charge in [0.25, 0.3) is 0 Å². The van der Waals surface area contributed by atoms with E-state index in [4.69, 9.17) is 4.74 Å². The molecule has 0 aliphatic carbocycles. The van der Waals surface area contributed by atoms with Crippen LogP contribution in [-0.4, -0.2) is 49.8 Å². The fourth-order valence-corrected chi connectivity index (χ4v) is 3.09. The van der Waals surface area contributed by atoms with Crippen LogP contribution in [-0.2, 0) is 11.2 Å². The van der Waals surface area contributed by atoms with E-state index in [0.717, 1.165) is 19.3 Å². The molecule has 1 aromatic heterocycles. The fourth-order valence-electron chi connectivity index (χ4n) is 2.38. The average Bonchev–Trinajstić information content (AvgIpc) is 3.00. The molecule has 0 bridgehead atoms. The van der Waals surface area contributed by atoms with Gasteiger partial charge in [-0.3, -0.25) is 0 Å². The lowest BCUT2D eigenvalue weighted by molar-refractivity contribution is 0.108. The molecular weight excluding hydrogens is 290 g/mol. The number of thiophene rings is 1. The summed E-state index contributed by atoms with van der Waals surface area (Å²) in [5.74, 6) is 0. The van der Waals surface area contributed by atoms with E-state index in [-0.39, 0.29) is 18.2 Å². The smallest absolute Gasteiger partial charge is 0.409 e. The summed E-state index contributed by atoms with van der Waals surface area (Å²) in [6.07, 6.45) is 2.25. The fraction of sp³-hybridized carbons (Fsp3) is 0.571. The van der Waals surface area contributed by atoms with E-state index in [1.165, 1.54) is 12.0 Å². The van der Waals surface area contributed by atoms with Gasteiger partial charge in [0.2, 0.25) is 0 Å². The zero-order valence-electron chi connectivity index (χ0n) is 12.1. The van der Waals surface area contributed by atoms with Gasteiger partial charge in [-0.25, -0.2) is 9.59 Å². The number of hydrogen-bond donors (Lipinski definition) is 2. The highest BCUT2D eigenvalue weighted by atomic mass is 32.1. The summed E-state index contributed by atoms with van der Waals surface area (Å²) in [4.78, 5) is 26.2. The molecule has 21 heavy (non-hydrogen) atoms. The topological polar surface area (TPSA) is 70.7 Å². The molecule has 6 nitrogen and oxygen atoms in total. The van der Waals surface area contributed by atoms with Gasteiger partial charge in [-0.05, 0) is 30.7 Å². The van der Waals surface area contributed by atoms with Gasteiger partial charge in [0.05, 0.1) is 7.11 Å². The number of ether oxygens (including phenoxy) is 1. The maximum atomic E-state index is 11.8. The molecule has 2 rings (SSSR count). The Morgan fingerprint density at radius 1 is 1.52 bits per heavy atom. The number of methoxy groups -OCH3 is 1. The summed E-state index contributed by atoms with van der Waals surface area (Å²) in [6, 6.07) is 3.87. The van der Waals surface area contributed by atoms with Gasteiger partial charge >= 0.3 is 12.1 Å². The summed E-state index contributed by atoms with van der Waals surface area (Å²) in [5, 5.41) is 7.79. The van der Waals surface area contributed by atoms with Gasteiger partial charge in [-0.2, -0.15) is 0 Å². The third kappa shape index (κ3) is 4.93. The number of carbonyl (C=O) groups excluding carboxylic acids is 2. The molecule has 1 unspecified atom stereocenters. The summed E-state index contributed by atoms with van der Waals surface area (Å²) in [5.41, 5.74) is 0. The molecule has 0 radical (unpaired) electrons. The second-order valence-corrected chi connectivity index (χ2v) is 6.02. The normalized spacial score (nSPS) is 18.1. The van der Waals surface area contributed by atoms with Gasteiger partial charge in [-0.1, -0.05) is 6.07 Å². The van der Waals surface area contributed by atoms with Crippen LogP contribution < -0.4 is 10.6 Å². The number of nitrogens with zero attached hydrogens (tertiary/aromatic N) is 1. The first-order valence-corrected chi connectivity index (χ1v) is 7.96. The molecule has 1 aliphatic heterocycles. The van der Waals surface area contributed by atoms with Crippen molar-refractivity contribution in [3.63, 3.8) is 0 Å². The number of rotatable bonds is 4. The highest BCUT2D eigenvalue weighted by Gasteiger charge is 2.24. The number of amides is 3. The van der Waals surface area contributed by atoms with Crippen molar-refractivity contribution in [2.75, 3.05) is 26.7 Å². The second-order valence-electron chi connectivity index (χ2n) is 4.98. The van der Waals surface area contributed by atoms with E-state index < -0.39 is 0 Å². The number of nitrogens with one attached hydrogen (secondary N) is 2. The van der Waals surface area contributed by atoms with Crippen LogP contribution in [0.25, 0.3) is 0 Å². The van der Waals surface area contributed by atoms with E-state index in [1.54, 1.807) is 16.2 Å². The summed E-state index contributed by atoms with van der Waals surface area (Å²) >= 11 is 1.69. The van der Waals surface area contributed by atoms with Crippen molar-refractivity contribution >= 4 is 23.5 Å².